The maximum atomic E-state index is 3.61. The highest BCUT2D eigenvalue weighted by molar-refractivity contribution is 5.46. The standard InChI is InChI=1S/C15H24N2/c1-3-13-10-14(16-4-2)12-17(11-13)15-8-6-5-7-9-15/h5-9,13-14,16H,3-4,10-12H2,1-2H3. The molecule has 2 unspecified atom stereocenters. The second-order valence-corrected chi connectivity index (χ2v) is 5.01. The van der Waals surface area contributed by atoms with E-state index >= 15 is 0 Å². The van der Waals surface area contributed by atoms with Gasteiger partial charge in [0.05, 0.1) is 0 Å². The maximum absolute atomic E-state index is 3.61. The Labute approximate surface area is 105 Å². The highest BCUT2D eigenvalue weighted by Gasteiger charge is 2.25. The molecular formula is C15H24N2. The quantitative estimate of drug-likeness (QED) is 0.858. The molecule has 94 valence electrons. The number of hydrogen-bond acceptors (Lipinski definition) is 2. The summed E-state index contributed by atoms with van der Waals surface area (Å²) in [6.07, 6.45) is 2.61. The van der Waals surface area contributed by atoms with E-state index in [1.54, 1.807) is 0 Å². The SMILES string of the molecule is CCNC1CC(CC)CN(c2ccccc2)C1. The van der Waals surface area contributed by atoms with Gasteiger partial charge in [-0.25, -0.2) is 0 Å². The molecule has 2 atom stereocenters. The molecule has 0 saturated carbocycles. The number of hydrogen-bond donors (Lipinski definition) is 1. The van der Waals surface area contributed by atoms with Gasteiger partial charge in [-0.05, 0) is 31.0 Å². The van der Waals surface area contributed by atoms with Crippen LogP contribution in [0, 0.1) is 5.92 Å². The first-order valence-electron chi connectivity index (χ1n) is 6.86. The Hall–Kier alpha value is -1.02. The lowest BCUT2D eigenvalue weighted by Gasteiger charge is -2.39. The van der Waals surface area contributed by atoms with Crippen molar-refractivity contribution < 1.29 is 0 Å². The molecule has 2 nitrogen and oxygen atoms in total. The van der Waals surface area contributed by atoms with E-state index < -0.39 is 0 Å². The van der Waals surface area contributed by atoms with Crippen molar-refractivity contribution in [2.75, 3.05) is 24.5 Å². The summed E-state index contributed by atoms with van der Waals surface area (Å²) in [7, 11) is 0. The Morgan fingerprint density at radius 3 is 2.59 bits per heavy atom. The largest absolute Gasteiger partial charge is 0.370 e. The van der Waals surface area contributed by atoms with Crippen LogP contribution in [0.1, 0.15) is 26.7 Å². The van der Waals surface area contributed by atoms with Crippen molar-refractivity contribution in [1.82, 2.24) is 5.32 Å². The molecule has 0 radical (unpaired) electrons. The van der Waals surface area contributed by atoms with Crippen LogP contribution in [-0.2, 0) is 0 Å². The Morgan fingerprint density at radius 1 is 1.18 bits per heavy atom. The zero-order valence-corrected chi connectivity index (χ0v) is 11.0. The fraction of sp³-hybridized carbons (Fsp3) is 0.600. The van der Waals surface area contributed by atoms with Crippen molar-refractivity contribution in [3.8, 4) is 0 Å². The number of nitrogens with zero attached hydrogens (tertiary/aromatic N) is 1. The van der Waals surface area contributed by atoms with Crippen molar-refractivity contribution >= 4 is 5.69 Å². The van der Waals surface area contributed by atoms with Gasteiger partial charge in [-0.15, -0.1) is 0 Å². The Bertz CT molecular complexity index is 323. The van der Waals surface area contributed by atoms with Crippen LogP contribution in [0.2, 0.25) is 0 Å². The zero-order valence-electron chi connectivity index (χ0n) is 11.0. The predicted molar refractivity (Wildman–Crippen MR) is 74.5 cm³/mol. The molecule has 0 aliphatic carbocycles. The molecule has 1 aromatic rings. The van der Waals surface area contributed by atoms with E-state index in [9.17, 15) is 0 Å². The minimum Gasteiger partial charge on any atom is -0.370 e. The number of likely N-dealkylation sites (N-methyl/N-ethyl adjacent to an activating group) is 1. The summed E-state index contributed by atoms with van der Waals surface area (Å²) >= 11 is 0. The van der Waals surface area contributed by atoms with E-state index in [4.69, 9.17) is 0 Å². The molecular weight excluding hydrogens is 208 g/mol. The van der Waals surface area contributed by atoms with E-state index in [1.165, 1.54) is 25.1 Å². The first-order chi connectivity index (χ1) is 8.33. The summed E-state index contributed by atoms with van der Waals surface area (Å²) < 4.78 is 0. The second-order valence-electron chi connectivity index (χ2n) is 5.01. The molecule has 1 fully saturated rings. The van der Waals surface area contributed by atoms with Gasteiger partial charge in [0, 0.05) is 24.8 Å². The van der Waals surface area contributed by atoms with Gasteiger partial charge >= 0.3 is 0 Å². The number of nitrogens with one attached hydrogen (secondary N) is 1. The molecule has 1 heterocycles. The molecule has 2 rings (SSSR count). The van der Waals surface area contributed by atoms with Crippen LogP contribution in [0.5, 0.6) is 0 Å². The van der Waals surface area contributed by atoms with E-state index in [-0.39, 0.29) is 0 Å². The first kappa shape index (κ1) is 12.4. The van der Waals surface area contributed by atoms with Gasteiger partial charge in [-0.1, -0.05) is 38.5 Å². The van der Waals surface area contributed by atoms with Gasteiger partial charge in [0.15, 0.2) is 0 Å². The second kappa shape index (κ2) is 6.06. The van der Waals surface area contributed by atoms with Crippen LogP contribution >= 0.6 is 0 Å². The molecule has 1 saturated heterocycles. The summed E-state index contributed by atoms with van der Waals surface area (Å²) in [5.41, 5.74) is 1.37. The highest BCUT2D eigenvalue weighted by Crippen LogP contribution is 2.24. The van der Waals surface area contributed by atoms with Gasteiger partial charge in [0.25, 0.3) is 0 Å². The van der Waals surface area contributed by atoms with E-state index in [2.05, 4.69) is 54.4 Å². The topological polar surface area (TPSA) is 15.3 Å². The van der Waals surface area contributed by atoms with Gasteiger partial charge in [-0.3, -0.25) is 0 Å². The van der Waals surface area contributed by atoms with Crippen molar-refractivity contribution in [3.05, 3.63) is 30.3 Å². The fourth-order valence-corrected chi connectivity index (χ4v) is 2.79. The molecule has 1 N–H and O–H groups in total. The lowest BCUT2D eigenvalue weighted by Crippen LogP contribution is -2.49. The Balaban J connectivity index is 2.06. The third kappa shape index (κ3) is 3.22. The van der Waals surface area contributed by atoms with Crippen molar-refractivity contribution in [2.24, 2.45) is 5.92 Å². The molecule has 2 heteroatoms. The van der Waals surface area contributed by atoms with Crippen molar-refractivity contribution in [1.29, 1.82) is 0 Å². The number of piperidine rings is 1. The van der Waals surface area contributed by atoms with Gasteiger partial charge in [0.2, 0.25) is 0 Å². The molecule has 17 heavy (non-hydrogen) atoms. The van der Waals surface area contributed by atoms with Crippen molar-refractivity contribution in [2.45, 2.75) is 32.7 Å². The average molecular weight is 232 g/mol. The van der Waals surface area contributed by atoms with Gasteiger partial charge in [0.1, 0.15) is 0 Å². The third-order valence-electron chi connectivity index (χ3n) is 3.73. The molecule has 1 aliphatic heterocycles. The van der Waals surface area contributed by atoms with Crippen LogP contribution in [-0.4, -0.2) is 25.7 Å². The average Bonchev–Trinajstić information content (AvgIpc) is 2.40. The summed E-state index contributed by atoms with van der Waals surface area (Å²) in [5, 5.41) is 3.61. The van der Waals surface area contributed by atoms with Crippen LogP contribution in [0.25, 0.3) is 0 Å². The molecule has 0 spiro atoms. The minimum absolute atomic E-state index is 0.652. The Kier molecular flexibility index (Phi) is 4.43. The number of rotatable bonds is 4. The molecule has 0 amide bonds. The lowest BCUT2D eigenvalue weighted by molar-refractivity contribution is 0.330. The Morgan fingerprint density at radius 2 is 1.94 bits per heavy atom. The summed E-state index contributed by atoms with van der Waals surface area (Å²) in [4.78, 5) is 2.53. The predicted octanol–water partition coefficient (Wildman–Crippen LogP) is 2.90. The van der Waals surface area contributed by atoms with E-state index in [0.29, 0.717) is 6.04 Å². The monoisotopic (exact) mass is 232 g/mol. The van der Waals surface area contributed by atoms with Crippen molar-refractivity contribution in [3.63, 3.8) is 0 Å². The third-order valence-corrected chi connectivity index (χ3v) is 3.73. The van der Waals surface area contributed by atoms with Crippen LogP contribution in [0.15, 0.2) is 30.3 Å². The van der Waals surface area contributed by atoms with Gasteiger partial charge < -0.3 is 10.2 Å². The van der Waals surface area contributed by atoms with Gasteiger partial charge in [-0.2, -0.15) is 0 Å². The lowest BCUT2D eigenvalue weighted by atomic mass is 9.91. The summed E-state index contributed by atoms with van der Waals surface area (Å²) in [6, 6.07) is 11.5. The molecule has 0 aromatic heterocycles. The smallest absolute Gasteiger partial charge is 0.0366 e. The number of anilines is 1. The summed E-state index contributed by atoms with van der Waals surface area (Å²) in [5.74, 6) is 0.827. The normalized spacial score (nSPS) is 24.9. The summed E-state index contributed by atoms with van der Waals surface area (Å²) in [6.45, 7) is 7.94. The minimum atomic E-state index is 0.652. The van der Waals surface area contributed by atoms with E-state index in [0.717, 1.165) is 19.0 Å². The maximum Gasteiger partial charge on any atom is 0.0366 e. The van der Waals surface area contributed by atoms with E-state index in [1.807, 2.05) is 0 Å². The van der Waals surface area contributed by atoms with Crippen LogP contribution in [0.4, 0.5) is 5.69 Å². The molecule has 1 aromatic carbocycles. The molecule has 1 aliphatic rings. The van der Waals surface area contributed by atoms with Crippen LogP contribution < -0.4 is 10.2 Å². The van der Waals surface area contributed by atoms with Crippen LogP contribution in [0.3, 0.4) is 0 Å². The fourth-order valence-electron chi connectivity index (χ4n) is 2.79. The number of benzene rings is 1. The zero-order chi connectivity index (χ0) is 12.1. The molecule has 0 bridgehead atoms. The first-order valence-corrected chi connectivity index (χ1v) is 6.86. The highest BCUT2D eigenvalue weighted by atomic mass is 15.2. The number of para-hydroxylation sites is 1.